The first-order chi connectivity index (χ1) is 7.27. The molecule has 0 aromatic heterocycles. The Morgan fingerprint density at radius 2 is 2.31 bits per heavy atom. The van der Waals surface area contributed by atoms with Gasteiger partial charge in [-0.15, -0.1) is 12.4 Å². The molecule has 1 amide bonds. The summed E-state index contributed by atoms with van der Waals surface area (Å²) in [7, 11) is 0. The molecule has 1 aliphatic rings. The zero-order chi connectivity index (χ0) is 11.1. The first-order valence-corrected chi connectivity index (χ1v) is 5.87. The van der Waals surface area contributed by atoms with E-state index in [1.54, 1.807) is 0 Å². The lowest BCUT2D eigenvalue weighted by molar-refractivity contribution is -0.132. The van der Waals surface area contributed by atoms with Crippen molar-refractivity contribution in [2.24, 2.45) is 5.73 Å². The minimum atomic E-state index is 0. The third kappa shape index (κ3) is 5.14. The van der Waals surface area contributed by atoms with Gasteiger partial charge in [-0.3, -0.25) is 4.79 Å². The molecule has 1 aliphatic heterocycles. The van der Waals surface area contributed by atoms with Crippen LogP contribution in [0.2, 0.25) is 0 Å². The van der Waals surface area contributed by atoms with Crippen LogP contribution in [-0.4, -0.2) is 43.2 Å². The van der Waals surface area contributed by atoms with Crippen molar-refractivity contribution >= 4 is 18.3 Å². The normalized spacial score (nSPS) is 19.2. The van der Waals surface area contributed by atoms with Gasteiger partial charge in [-0.2, -0.15) is 0 Å². The molecule has 1 unspecified atom stereocenters. The third-order valence-electron chi connectivity index (χ3n) is 2.78. The molecule has 1 atom stereocenters. The minimum Gasteiger partial charge on any atom is -0.376 e. The highest BCUT2D eigenvalue weighted by atomic mass is 35.5. The van der Waals surface area contributed by atoms with Crippen molar-refractivity contribution in [2.45, 2.75) is 38.7 Å². The van der Waals surface area contributed by atoms with E-state index in [4.69, 9.17) is 10.5 Å². The number of rotatable bonds is 6. The SMILES string of the molecule is CCN(CC1CCCO1)C(=O)CCCN.Cl. The van der Waals surface area contributed by atoms with Crippen LogP contribution in [0.1, 0.15) is 32.6 Å². The maximum Gasteiger partial charge on any atom is 0.222 e. The van der Waals surface area contributed by atoms with Crippen molar-refractivity contribution in [3.05, 3.63) is 0 Å². The molecular weight excluding hydrogens is 228 g/mol. The lowest BCUT2D eigenvalue weighted by Gasteiger charge is -2.23. The van der Waals surface area contributed by atoms with Crippen molar-refractivity contribution in [1.82, 2.24) is 4.90 Å². The molecule has 1 rings (SSSR count). The van der Waals surface area contributed by atoms with Crippen molar-refractivity contribution in [1.29, 1.82) is 0 Å². The monoisotopic (exact) mass is 250 g/mol. The van der Waals surface area contributed by atoms with E-state index in [1.165, 1.54) is 0 Å². The summed E-state index contributed by atoms with van der Waals surface area (Å²) >= 11 is 0. The standard InChI is InChI=1S/C11H22N2O2.ClH/c1-2-13(11(14)6-3-7-12)9-10-5-4-8-15-10;/h10H,2-9,12H2,1H3;1H. The molecule has 2 N–H and O–H groups in total. The average molecular weight is 251 g/mol. The highest BCUT2D eigenvalue weighted by molar-refractivity contribution is 5.85. The van der Waals surface area contributed by atoms with Crippen molar-refractivity contribution in [2.75, 3.05) is 26.2 Å². The quantitative estimate of drug-likeness (QED) is 0.770. The summed E-state index contributed by atoms with van der Waals surface area (Å²) in [6.07, 6.45) is 3.81. The number of nitrogens with two attached hydrogens (primary N) is 1. The number of halogens is 1. The Bertz CT molecular complexity index is 196. The molecule has 0 aromatic rings. The first-order valence-electron chi connectivity index (χ1n) is 5.87. The van der Waals surface area contributed by atoms with Gasteiger partial charge >= 0.3 is 0 Å². The Hall–Kier alpha value is -0.320. The van der Waals surface area contributed by atoms with Crippen LogP contribution < -0.4 is 5.73 Å². The summed E-state index contributed by atoms with van der Waals surface area (Å²) < 4.78 is 5.52. The van der Waals surface area contributed by atoms with E-state index in [0.717, 1.165) is 39.0 Å². The lowest BCUT2D eigenvalue weighted by atomic mass is 10.2. The second-order valence-electron chi connectivity index (χ2n) is 3.96. The van der Waals surface area contributed by atoms with E-state index in [-0.39, 0.29) is 24.4 Å². The molecule has 1 fully saturated rings. The van der Waals surface area contributed by atoms with E-state index in [0.29, 0.717) is 13.0 Å². The van der Waals surface area contributed by atoms with Gasteiger partial charge in [-0.25, -0.2) is 0 Å². The zero-order valence-corrected chi connectivity index (χ0v) is 10.8. The number of amides is 1. The molecule has 0 saturated carbocycles. The fraction of sp³-hybridized carbons (Fsp3) is 0.909. The van der Waals surface area contributed by atoms with E-state index >= 15 is 0 Å². The summed E-state index contributed by atoms with van der Waals surface area (Å²) in [5, 5.41) is 0. The number of ether oxygens (including phenoxy) is 1. The Kier molecular flexibility index (Phi) is 8.61. The molecule has 1 heterocycles. The number of carbonyl (C=O) groups excluding carboxylic acids is 1. The summed E-state index contributed by atoms with van der Waals surface area (Å²) in [4.78, 5) is 13.6. The van der Waals surface area contributed by atoms with Crippen LogP contribution in [0.3, 0.4) is 0 Å². The second kappa shape index (κ2) is 8.79. The first kappa shape index (κ1) is 15.7. The minimum absolute atomic E-state index is 0. The average Bonchev–Trinajstić information content (AvgIpc) is 2.75. The second-order valence-corrected chi connectivity index (χ2v) is 3.96. The number of carbonyl (C=O) groups is 1. The van der Waals surface area contributed by atoms with Crippen LogP contribution in [-0.2, 0) is 9.53 Å². The fourth-order valence-corrected chi connectivity index (χ4v) is 1.85. The summed E-state index contributed by atoms with van der Waals surface area (Å²) in [5.41, 5.74) is 5.39. The number of nitrogens with zero attached hydrogens (tertiary/aromatic N) is 1. The van der Waals surface area contributed by atoms with Gasteiger partial charge < -0.3 is 15.4 Å². The topological polar surface area (TPSA) is 55.6 Å². The number of likely N-dealkylation sites (N-methyl/N-ethyl adjacent to an activating group) is 1. The van der Waals surface area contributed by atoms with E-state index in [9.17, 15) is 4.79 Å². The smallest absolute Gasteiger partial charge is 0.222 e. The number of hydrogen-bond donors (Lipinski definition) is 1. The highest BCUT2D eigenvalue weighted by Crippen LogP contribution is 2.13. The Morgan fingerprint density at radius 1 is 1.56 bits per heavy atom. The van der Waals surface area contributed by atoms with Gasteiger partial charge in [0, 0.05) is 26.1 Å². The molecule has 16 heavy (non-hydrogen) atoms. The van der Waals surface area contributed by atoms with Gasteiger partial charge in [0.1, 0.15) is 0 Å². The van der Waals surface area contributed by atoms with E-state index in [1.807, 2.05) is 11.8 Å². The lowest BCUT2D eigenvalue weighted by Crippen LogP contribution is -2.37. The van der Waals surface area contributed by atoms with Crippen LogP contribution >= 0.6 is 12.4 Å². The predicted molar refractivity (Wildman–Crippen MR) is 66.8 cm³/mol. The van der Waals surface area contributed by atoms with E-state index in [2.05, 4.69) is 0 Å². The highest BCUT2D eigenvalue weighted by Gasteiger charge is 2.20. The number of hydrogen-bond acceptors (Lipinski definition) is 3. The molecule has 5 heteroatoms. The Balaban J connectivity index is 0.00000225. The zero-order valence-electron chi connectivity index (χ0n) is 9.98. The molecular formula is C11H23ClN2O2. The van der Waals surface area contributed by atoms with Gasteiger partial charge in [-0.1, -0.05) is 0 Å². The molecule has 4 nitrogen and oxygen atoms in total. The van der Waals surface area contributed by atoms with Crippen LogP contribution in [0.4, 0.5) is 0 Å². The van der Waals surface area contributed by atoms with E-state index < -0.39 is 0 Å². The van der Waals surface area contributed by atoms with Crippen LogP contribution in [0.5, 0.6) is 0 Å². The molecule has 0 aromatic carbocycles. The van der Waals surface area contributed by atoms with Crippen LogP contribution in [0, 0.1) is 0 Å². The maximum atomic E-state index is 11.7. The van der Waals surface area contributed by atoms with Crippen LogP contribution in [0.25, 0.3) is 0 Å². The summed E-state index contributed by atoms with van der Waals surface area (Å²) in [6, 6.07) is 0. The fourth-order valence-electron chi connectivity index (χ4n) is 1.85. The summed E-state index contributed by atoms with van der Waals surface area (Å²) in [5.74, 6) is 0.207. The molecule has 0 aliphatic carbocycles. The molecule has 1 saturated heterocycles. The summed E-state index contributed by atoms with van der Waals surface area (Å²) in [6.45, 7) is 4.96. The van der Waals surface area contributed by atoms with Crippen molar-refractivity contribution in [3.63, 3.8) is 0 Å². The van der Waals surface area contributed by atoms with Crippen molar-refractivity contribution < 1.29 is 9.53 Å². The Labute approximate surface area is 104 Å². The van der Waals surface area contributed by atoms with Crippen LogP contribution in [0.15, 0.2) is 0 Å². The largest absolute Gasteiger partial charge is 0.376 e. The molecule has 0 radical (unpaired) electrons. The molecule has 0 bridgehead atoms. The van der Waals surface area contributed by atoms with Gasteiger partial charge in [0.15, 0.2) is 0 Å². The third-order valence-corrected chi connectivity index (χ3v) is 2.78. The van der Waals surface area contributed by atoms with Gasteiger partial charge in [0.2, 0.25) is 5.91 Å². The molecule has 0 spiro atoms. The maximum absolute atomic E-state index is 11.7. The van der Waals surface area contributed by atoms with Gasteiger partial charge in [0.25, 0.3) is 0 Å². The van der Waals surface area contributed by atoms with Gasteiger partial charge in [-0.05, 0) is 32.7 Å². The predicted octanol–water partition coefficient (Wildman–Crippen LogP) is 1.17. The van der Waals surface area contributed by atoms with Gasteiger partial charge in [0.05, 0.1) is 6.10 Å². The Morgan fingerprint density at radius 3 is 2.81 bits per heavy atom. The molecule has 96 valence electrons. The van der Waals surface area contributed by atoms with Crippen molar-refractivity contribution in [3.8, 4) is 0 Å².